The molecule has 5 heteroatoms. The summed E-state index contributed by atoms with van der Waals surface area (Å²) in [6.07, 6.45) is 1.40. The molecule has 0 saturated carbocycles. The van der Waals surface area contributed by atoms with E-state index < -0.39 is 0 Å². The molecule has 2 rings (SSSR count). The van der Waals surface area contributed by atoms with Crippen LogP contribution in [0, 0.1) is 5.82 Å². The Balaban J connectivity index is 1.68. The monoisotopic (exact) mass is 331 g/mol. The van der Waals surface area contributed by atoms with Crippen molar-refractivity contribution in [1.29, 1.82) is 0 Å². The molecule has 0 aliphatic heterocycles. The molecule has 0 aliphatic carbocycles. The number of hydrogen-bond acceptors (Lipinski definition) is 3. The maximum Gasteiger partial charge on any atom is 0.257 e. The average Bonchev–Trinajstić information content (AvgIpc) is 2.61. The lowest BCUT2D eigenvalue weighted by Gasteiger charge is -2.09. The number of carbonyl (C=O) groups excluding carboxylic acids is 1. The van der Waals surface area contributed by atoms with E-state index in [4.69, 9.17) is 9.47 Å². The van der Waals surface area contributed by atoms with Crippen LogP contribution >= 0.6 is 0 Å². The second kappa shape index (κ2) is 9.55. The molecular weight excluding hydrogens is 309 g/mol. The zero-order chi connectivity index (χ0) is 17.2. The zero-order valence-corrected chi connectivity index (χ0v) is 13.8. The molecule has 128 valence electrons. The van der Waals surface area contributed by atoms with Gasteiger partial charge >= 0.3 is 0 Å². The molecule has 24 heavy (non-hydrogen) atoms. The van der Waals surface area contributed by atoms with Gasteiger partial charge in [0.2, 0.25) is 0 Å². The fourth-order valence-electron chi connectivity index (χ4n) is 2.09. The lowest BCUT2D eigenvalue weighted by atomic mass is 10.1. The summed E-state index contributed by atoms with van der Waals surface area (Å²) in [5.74, 6) is 0.882. The summed E-state index contributed by atoms with van der Waals surface area (Å²) in [6.45, 7) is 3.01. The van der Waals surface area contributed by atoms with Crippen LogP contribution in [0.5, 0.6) is 11.5 Å². The third-order valence-electron chi connectivity index (χ3n) is 3.34. The van der Waals surface area contributed by atoms with E-state index in [0.29, 0.717) is 30.9 Å². The maximum atomic E-state index is 13.4. The van der Waals surface area contributed by atoms with Crippen molar-refractivity contribution in [3.8, 4) is 11.5 Å². The molecule has 2 aromatic rings. The van der Waals surface area contributed by atoms with E-state index in [2.05, 4.69) is 5.32 Å². The van der Waals surface area contributed by atoms with Crippen molar-refractivity contribution in [1.82, 2.24) is 5.32 Å². The molecule has 0 aromatic heterocycles. The lowest BCUT2D eigenvalue weighted by molar-refractivity contribution is -0.123. The van der Waals surface area contributed by atoms with Crippen molar-refractivity contribution < 1.29 is 18.7 Å². The molecule has 0 atom stereocenters. The van der Waals surface area contributed by atoms with Crippen molar-refractivity contribution in [3.63, 3.8) is 0 Å². The van der Waals surface area contributed by atoms with Crippen molar-refractivity contribution >= 4 is 5.91 Å². The summed E-state index contributed by atoms with van der Waals surface area (Å²) < 4.78 is 24.3. The van der Waals surface area contributed by atoms with Crippen LogP contribution in [0.25, 0.3) is 0 Å². The summed E-state index contributed by atoms with van der Waals surface area (Å²) in [4.78, 5) is 11.7. The fraction of sp³-hybridized carbons (Fsp3) is 0.316. The van der Waals surface area contributed by atoms with Gasteiger partial charge in [0.15, 0.2) is 6.61 Å². The molecular formula is C19H22FNO3. The molecule has 1 N–H and O–H groups in total. The van der Waals surface area contributed by atoms with E-state index in [1.165, 1.54) is 6.07 Å². The third kappa shape index (κ3) is 5.91. The minimum absolute atomic E-state index is 0.0769. The average molecular weight is 331 g/mol. The van der Waals surface area contributed by atoms with E-state index in [1.54, 1.807) is 42.5 Å². The Morgan fingerprint density at radius 3 is 2.38 bits per heavy atom. The topological polar surface area (TPSA) is 47.6 Å². The van der Waals surface area contributed by atoms with Crippen LogP contribution in [0.3, 0.4) is 0 Å². The highest BCUT2D eigenvalue weighted by Crippen LogP contribution is 2.17. The standard InChI is InChI=1S/C19H22FNO3/c1-2-13-23-16-7-9-17(10-8-16)24-14-19(22)21-12-11-15-5-3-4-6-18(15)20/h3-10H,2,11-14H2,1H3,(H,21,22). The second-order valence-corrected chi connectivity index (χ2v) is 5.30. The van der Waals surface area contributed by atoms with E-state index in [0.717, 1.165) is 12.2 Å². The Labute approximate surface area is 141 Å². The maximum absolute atomic E-state index is 13.4. The molecule has 0 radical (unpaired) electrons. The predicted octanol–water partition coefficient (Wildman–Crippen LogP) is 3.35. The summed E-state index contributed by atoms with van der Waals surface area (Å²) in [5.41, 5.74) is 0.585. The number of halogens is 1. The number of ether oxygens (including phenoxy) is 2. The summed E-state index contributed by atoms with van der Waals surface area (Å²) in [6, 6.07) is 13.7. The molecule has 0 saturated heterocycles. The Kier molecular flexibility index (Phi) is 7.08. The van der Waals surface area contributed by atoms with Crippen LogP contribution in [-0.2, 0) is 11.2 Å². The first kappa shape index (κ1) is 17.8. The number of hydrogen-bond donors (Lipinski definition) is 1. The first-order valence-corrected chi connectivity index (χ1v) is 8.05. The molecule has 0 spiro atoms. The van der Waals surface area contributed by atoms with Gasteiger partial charge in [-0.1, -0.05) is 25.1 Å². The molecule has 1 amide bonds. The summed E-state index contributed by atoms with van der Waals surface area (Å²) in [5, 5.41) is 2.71. The normalized spacial score (nSPS) is 10.2. The van der Waals surface area contributed by atoms with E-state index in [-0.39, 0.29) is 18.3 Å². The van der Waals surface area contributed by atoms with Gasteiger partial charge in [-0.15, -0.1) is 0 Å². The van der Waals surface area contributed by atoms with Gasteiger partial charge < -0.3 is 14.8 Å². The van der Waals surface area contributed by atoms with Crippen molar-refractivity contribution in [2.45, 2.75) is 19.8 Å². The Morgan fingerprint density at radius 1 is 1.04 bits per heavy atom. The molecule has 2 aromatic carbocycles. The molecule has 4 nitrogen and oxygen atoms in total. The van der Waals surface area contributed by atoms with Crippen LogP contribution in [0.1, 0.15) is 18.9 Å². The quantitative estimate of drug-likeness (QED) is 0.766. The minimum atomic E-state index is -0.256. The number of amides is 1. The highest BCUT2D eigenvalue weighted by Gasteiger charge is 2.05. The summed E-state index contributed by atoms with van der Waals surface area (Å²) >= 11 is 0. The van der Waals surface area contributed by atoms with Crippen LogP contribution < -0.4 is 14.8 Å². The van der Waals surface area contributed by atoms with E-state index in [1.807, 2.05) is 6.92 Å². The van der Waals surface area contributed by atoms with Gasteiger partial charge in [-0.25, -0.2) is 4.39 Å². The van der Waals surface area contributed by atoms with E-state index >= 15 is 0 Å². The molecule has 0 bridgehead atoms. The first-order valence-electron chi connectivity index (χ1n) is 8.05. The van der Waals surface area contributed by atoms with Gasteiger partial charge in [-0.05, 0) is 48.7 Å². The predicted molar refractivity (Wildman–Crippen MR) is 90.8 cm³/mol. The Hall–Kier alpha value is -2.56. The van der Waals surface area contributed by atoms with Crippen molar-refractivity contribution in [2.24, 2.45) is 0 Å². The van der Waals surface area contributed by atoms with Gasteiger partial charge in [-0.3, -0.25) is 4.79 Å². The number of nitrogens with one attached hydrogen (secondary N) is 1. The van der Waals surface area contributed by atoms with Gasteiger partial charge in [0, 0.05) is 6.54 Å². The van der Waals surface area contributed by atoms with E-state index in [9.17, 15) is 9.18 Å². The number of benzene rings is 2. The lowest BCUT2D eigenvalue weighted by Crippen LogP contribution is -2.30. The first-order chi connectivity index (χ1) is 11.7. The van der Waals surface area contributed by atoms with Gasteiger partial charge in [0.1, 0.15) is 17.3 Å². The Morgan fingerprint density at radius 2 is 1.71 bits per heavy atom. The highest BCUT2D eigenvalue weighted by atomic mass is 19.1. The van der Waals surface area contributed by atoms with Crippen LogP contribution in [0.2, 0.25) is 0 Å². The van der Waals surface area contributed by atoms with Gasteiger partial charge in [0.05, 0.1) is 6.61 Å². The SMILES string of the molecule is CCCOc1ccc(OCC(=O)NCCc2ccccc2F)cc1. The smallest absolute Gasteiger partial charge is 0.257 e. The molecule has 0 aliphatic rings. The van der Waals surface area contributed by atoms with Crippen molar-refractivity contribution in [3.05, 3.63) is 59.9 Å². The molecule has 0 unspecified atom stereocenters. The largest absolute Gasteiger partial charge is 0.494 e. The Bertz CT molecular complexity index is 643. The van der Waals surface area contributed by atoms with Gasteiger partial charge in [0.25, 0.3) is 5.91 Å². The summed E-state index contributed by atoms with van der Waals surface area (Å²) in [7, 11) is 0. The molecule has 0 fully saturated rings. The number of rotatable bonds is 9. The second-order valence-electron chi connectivity index (χ2n) is 5.30. The molecule has 0 heterocycles. The van der Waals surface area contributed by atoms with Crippen molar-refractivity contribution in [2.75, 3.05) is 19.8 Å². The van der Waals surface area contributed by atoms with Crippen LogP contribution in [0.15, 0.2) is 48.5 Å². The third-order valence-corrected chi connectivity index (χ3v) is 3.34. The highest BCUT2D eigenvalue weighted by molar-refractivity contribution is 5.77. The van der Waals surface area contributed by atoms with Crippen LogP contribution in [0.4, 0.5) is 4.39 Å². The van der Waals surface area contributed by atoms with Crippen LogP contribution in [-0.4, -0.2) is 25.7 Å². The number of carbonyl (C=O) groups is 1. The zero-order valence-electron chi connectivity index (χ0n) is 13.8. The van der Waals surface area contributed by atoms with Gasteiger partial charge in [-0.2, -0.15) is 0 Å². The minimum Gasteiger partial charge on any atom is -0.494 e. The fourth-order valence-corrected chi connectivity index (χ4v) is 2.09.